The zero-order chi connectivity index (χ0) is 11.1. The zero-order valence-corrected chi connectivity index (χ0v) is 10.7. The summed E-state index contributed by atoms with van der Waals surface area (Å²) in [7, 11) is 0. The minimum absolute atomic E-state index is 0.226. The summed E-state index contributed by atoms with van der Waals surface area (Å²) in [6.45, 7) is 8.02. The largest absolute Gasteiger partial charge is 0.390 e. The van der Waals surface area contributed by atoms with Gasteiger partial charge in [0.05, 0.1) is 6.10 Å². The maximum absolute atomic E-state index is 9.83. The van der Waals surface area contributed by atoms with E-state index in [1.165, 1.54) is 17.9 Å². The van der Waals surface area contributed by atoms with Crippen molar-refractivity contribution in [2.24, 2.45) is 0 Å². The molecule has 0 saturated carbocycles. The SMILES string of the molecule is CC(C)NCC(O)CN1CCCSCC1. The fraction of sp³-hybridized carbons (Fsp3) is 1.00. The highest BCUT2D eigenvalue weighted by Gasteiger charge is 2.13. The first kappa shape index (κ1) is 13.3. The molecule has 2 N–H and O–H groups in total. The van der Waals surface area contributed by atoms with Gasteiger partial charge in [-0.25, -0.2) is 0 Å². The Morgan fingerprint density at radius 2 is 2.13 bits per heavy atom. The van der Waals surface area contributed by atoms with Gasteiger partial charge in [0.2, 0.25) is 0 Å². The van der Waals surface area contributed by atoms with Crippen LogP contribution in [0.3, 0.4) is 0 Å². The van der Waals surface area contributed by atoms with Gasteiger partial charge in [-0.15, -0.1) is 0 Å². The van der Waals surface area contributed by atoms with Crippen LogP contribution in [0.4, 0.5) is 0 Å². The third-order valence-corrected chi connectivity index (χ3v) is 3.59. The van der Waals surface area contributed by atoms with E-state index >= 15 is 0 Å². The number of rotatable bonds is 5. The highest BCUT2D eigenvalue weighted by atomic mass is 32.2. The van der Waals surface area contributed by atoms with Crippen LogP contribution in [0.1, 0.15) is 20.3 Å². The molecule has 1 fully saturated rings. The molecule has 4 heteroatoms. The molecule has 1 atom stereocenters. The van der Waals surface area contributed by atoms with Crippen molar-refractivity contribution in [2.75, 3.05) is 37.7 Å². The summed E-state index contributed by atoms with van der Waals surface area (Å²) in [5.41, 5.74) is 0. The lowest BCUT2D eigenvalue weighted by molar-refractivity contribution is 0.113. The summed E-state index contributed by atoms with van der Waals surface area (Å²) < 4.78 is 0. The lowest BCUT2D eigenvalue weighted by Crippen LogP contribution is -2.40. The van der Waals surface area contributed by atoms with Crippen molar-refractivity contribution in [2.45, 2.75) is 32.4 Å². The highest BCUT2D eigenvalue weighted by molar-refractivity contribution is 7.99. The second-order valence-electron chi connectivity index (χ2n) is 4.48. The normalized spacial score (nSPS) is 21.6. The fourth-order valence-corrected chi connectivity index (χ4v) is 2.64. The first-order valence-corrected chi connectivity index (χ1v) is 7.05. The van der Waals surface area contributed by atoms with Crippen LogP contribution in [0.15, 0.2) is 0 Å². The fourth-order valence-electron chi connectivity index (χ4n) is 1.71. The van der Waals surface area contributed by atoms with Crippen molar-refractivity contribution in [3.05, 3.63) is 0 Å². The lowest BCUT2D eigenvalue weighted by Gasteiger charge is -2.23. The summed E-state index contributed by atoms with van der Waals surface area (Å²) in [5, 5.41) is 13.1. The molecule has 1 rings (SSSR count). The molecular formula is C11H24N2OS. The Balaban J connectivity index is 2.14. The number of aliphatic hydroxyl groups is 1. The van der Waals surface area contributed by atoms with Crippen LogP contribution in [-0.2, 0) is 0 Å². The molecular weight excluding hydrogens is 208 g/mol. The topological polar surface area (TPSA) is 35.5 Å². The number of aliphatic hydroxyl groups excluding tert-OH is 1. The molecule has 1 unspecified atom stereocenters. The summed E-state index contributed by atoms with van der Waals surface area (Å²) in [6.07, 6.45) is 1.03. The van der Waals surface area contributed by atoms with E-state index < -0.39 is 0 Å². The zero-order valence-electron chi connectivity index (χ0n) is 9.91. The van der Waals surface area contributed by atoms with E-state index in [0.29, 0.717) is 12.6 Å². The quantitative estimate of drug-likeness (QED) is 0.734. The van der Waals surface area contributed by atoms with Crippen molar-refractivity contribution < 1.29 is 5.11 Å². The molecule has 0 bridgehead atoms. The van der Waals surface area contributed by atoms with E-state index in [0.717, 1.165) is 19.6 Å². The molecule has 1 saturated heterocycles. The average molecular weight is 232 g/mol. The lowest BCUT2D eigenvalue weighted by atomic mass is 10.2. The molecule has 0 aromatic rings. The number of nitrogens with zero attached hydrogens (tertiary/aromatic N) is 1. The molecule has 15 heavy (non-hydrogen) atoms. The minimum Gasteiger partial charge on any atom is -0.390 e. The molecule has 0 amide bonds. The van der Waals surface area contributed by atoms with Gasteiger partial charge in [-0.1, -0.05) is 13.8 Å². The number of hydrogen-bond acceptors (Lipinski definition) is 4. The van der Waals surface area contributed by atoms with Gasteiger partial charge in [-0.05, 0) is 18.7 Å². The van der Waals surface area contributed by atoms with E-state index in [1.807, 2.05) is 11.8 Å². The molecule has 0 aliphatic carbocycles. The van der Waals surface area contributed by atoms with Gasteiger partial charge in [0.25, 0.3) is 0 Å². The van der Waals surface area contributed by atoms with Crippen LogP contribution in [0.5, 0.6) is 0 Å². The molecule has 1 aliphatic heterocycles. The molecule has 1 aliphatic rings. The molecule has 0 aromatic carbocycles. The van der Waals surface area contributed by atoms with Crippen LogP contribution < -0.4 is 5.32 Å². The van der Waals surface area contributed by atoms with Gasteiger partial charge in [0.15, 0.2) is 0 Å². The second kappa shape index (κ2) is 7.49. The first-order chi connectivity index (χ1) is 7.18. The average Bonchev–Trinajstić information content (AvgIpc) is 2.43. The van der Waals surface area contributed by atoms with Crippen LogP contribution in [0, 0.1) is 0 Å². The molecule has 1 heterocycles. The monoisotopic (exact) mass is 232 g/mol. The maximum Gasteiger partial charge on any atom is 0.0791 e. The Morgan fingerprint density at radius 3 is 2.87 bits per heavy atom. The summed E-state index contributed by atoms with van der Waals surface area (Å²) in [5.74, 6) is 2.49. The summed E-state index contributed by atoms with van der Waals surface area (Å²) in [6, 6.07) is 0.458. The highest BCUT2D eigenvalue weighted by Crippen LogP contribution is 2.09. The Bertz CT molecular complexity index is 159. The van der Waals surface area contributed by atoms with Crippen molar-refractivity contribution in [1.82, 2.24) is 10.2 Å². The van der Waals surface area contributed by atoms with Crippen LogP contribution in [-0.4, -0.2) is 59.8 Å². The minimum atomic E-state index is -0.226. The third-order valence-electron chi connectivity index (χ3n) is 2.55. The van der Waals surface area contributed by atoms with Gasteiger partial charge < -0.3 is 10.4 Å². The van der Waals surface area contributed by atoms with Gasteiger partial charge in [-0.2, -0.15) is 11.8 Å². The molecule has 90 valence electrons. The molecule has 3 nitrogen and oxygen atoms in total. The summed E-state index contributed by atoms with van der Waals surface area (Å²) >= 11 is 2.03. The van der Waals surface area contributed by atoms with Crippen molar-refractivity contribution in [3.8, 4) is 0 Å². The number of thioether (sulfide) groups is 1. The Hall–Kier alpha value is 0.230. The number of β-amino-alcohol motifs (C(OH)–C–C–N with tert-alkyl or cyclic N) is 1. The van der Waals surface area contributed by atoms with Crippen LogP contribution in [0.25, 0.3) is 0 Å². The van der Waals surface area contributed by atoms with Gasteiger partial charge in [0, 0.05) is 31.4 Å². The van der Waals surface area contributed by atoms with E-state index in [9.17, 15) is 5.11 Å². The van der Waals surface area contributed by atoms with Gasteiger partial charge in [-0.3, -0.25) is 4.90 Å². The van der Waals surface area contributed by atoms with E-state index in [-0.39, 0.29) is 6.10 Å². The smallest absolute Gasteiger partial charge is 0.0791 e. The van der Waals surface area contributed by atoms with Crippen LogP contribution >= 0.6 is 11.8 Å². The van der Waals surface area contributed by atoms with E-state index in [4.69, 9.17) is 0 Å². The standard InChI is InChI=1S/C11H24N2OS/c1-10(2)12-8-11(14)9-13-4-3-6-15-7-5-13/h10-12,14H,3-9H2,1-2H3. The Labute approximate surface area is 97.6 Å². The summed E-state index contributed by atoms with van der Waals surface area (Å²) in [4.78, 5) is 2.38. The molecule has 0 spiro atoms. The van der Waals surface area contributed by atoms with Gasteiger partial charge >= 0.3 is 0 Å². The maximum atomic E-state index is 9.83. The van der Waals surface area contributed by atoms with Crippen molar-refractivity contribution in [1.29, 1.82) is 0 Å². The first-order valence-electron chi connectivity index (χ1n) is 5.90. The third kappa shape index (κ3) is 6.40. The molecule has 0 aromatic heterocycles. The predicted molar refractivity (Wildman–Crippen MR) is 67.5 cm³/mol. The number of hydrogen-bond donors (Lipinski definition) is 2. The second-order valence-corrected chi connectivity index (χ2v) is 5.71. The van der Waals surface area contributed by atoms with Gasteiger partial charge in [0.1, 0.15) is 0 Å². The van der Waals surface area contributed by atoms with Crippen molar-refractivity contribution in [3.63, 3.8) is 0 Å². The number of nitrogens with one attached hydrogen (secondary N) is 1. The van der Waals surface area contributed by atoms with E-state index in [1.54, 1.807) is 0 Å². The Kier molecular flexibility index (Phi) is 6.64. The molecule has 0 radical (unpaired) electrons. The Morgan fingerprint density at radius 1 is 1.33 bits per heavy atom. The predicted octanol–water partition coefficient (Wildman–Crippen LogP) is 0.784. The van der Waals surface area contributed by atoms with Crippen LogP contribution in [0.2, 0.25) is 0 Å². The van der Waals surface area contributed by atoms with Crippen molar-refractivity contribution >= 4 is 11.8 Å². The van der Waals surface area contributed by atoms with E-state index in [2.05, 4.69) is 24.1 Å².